The molecular formula is C15H21N3OS. The number of nitrogen functional groups attached to an aromatic ring is 1. The summed E-state index contributed by atoms with van der Waals surface area (Å²) < 4.78 is 5.58. The smallest absolute Gasteiger partial charge is 0.156 e. The van der Waals surface area contributed by atoms with Crippen molar-refractivity contribution in [3.05, 3.63) is 23.8 Å². The standard InChI is InChI=1S/C15H21N3OS/c1-17-14-18-15(7-3-4-10(15)9-20-14)12-8-11(16)5-6-13(12)19-2/h5-6,8,10H,3-4,7,9,16H2,1-2H3,(H,17,18). The van der Waals surface area contributed by atoms with Gasteiger partial charge in [-0.25, -0.2) is 0 Å². The van der Waals surface area contributed by atoms with E-state index in [0.717, 1.165) is 28.8 Å². The van der Waals surface area contributed by atoms with Crippen molar-refractivity contribution in [2.75, 3.05) is 25.6 Å². The molecule has 3 rings (SSSR count). The molecular weight excluding hydrogens is 270 g/mol. The van der Waals surface area contributed by atoms with E-state index >= 15 is 0 Å². The number of hydrogen-bond donors (Lipinski definition) is 2. The monoisotopic (exact) mass is 291 g/mol. The van der Waals surface area contributed by atoms with Crippen molar-refractivity contribution in [2.45, 2.75) is 24.8 Å². The number of nitrogens with two attached hydrogens (primary N) is 1. The summed E-state index contributed by atoms with van der Waals surface area (Å²) in [5, 5.41) is 4.70. The topological polar surface area (TPSA) is 59.6 Å². The maximum Gasteiger partial charge on any atom is 0.156 e. The molecule has 108 valence electrons. The molecule has 1 aromatic carbocycles. The van der Waals surface area contributed by atoms with E-state index in [4.69, 9.17) is 10.5 Å². The van der Waals surface area contributed by atoms with Gasteiger partial charge in [-0.2, -0.15) is 0 Å². The molecule has 2 aliphatic rings. The van der Waals surface area contributed by atoms with E-state index in [1.807, 2.05) is 30.9 Å². The van der Waals surface area contributed by atoms with E-state index in [0.29, 0.717) is 5.92 Å². The van der Waals surface area contributed by atoms with Crippen molar-refractivity contribution in [1.82, 2.24) is 5.32 Å². The van der Waals surface area contributed by atoms with Crippen LogP contribution in [0.2, 0.25) is 0 Å². The molecule has 0 amide bonds. The molecule has 0 spiro atoms. The zero-order chi connectivity index (χ0) is 14.2. The highest BCUT2D eigenvalue weighted by Gasteiger charge is 2.48. The van der Waals surface area contributed by atoms with Crippen LogP contribution >= 0.6 is 11.8 Å². The van der Waals surface area contributed by atoms with Crippen molar-refractivity contribution in [2.24, 2.45) is 10.9 Å². The maximum atomic E-state index is 6.02. The number of fused-ring (bicyclic) bond motifs is 1. The molecule has 4 nitrogen and oxygen atoms in total. The Bertz CT molecular complexity index is 546. The first-order chi connectivity index (χ1) is 9.69. The number of methoxy groups -OCH3 is 1. The number of nitrogens with one attached hydrogen (secondary N) is 1. The molecule has 0 aromatic heterocycles. The van der Waals surface area contributed by atoms with Crippen LogP contribution in [-0.4, -0.2) is 25.1 Å². The third kappa shape index (κ3) is 2.04. The van der Waals surface area contributed by atoms with Gasteiger partial charge in [0.15, 0.2) is 5.17 Å². The highest BCUT2D eigenvalue weighted by Crippen LogP contribution is 2.50. The van der Waals surface area contributed by atoms with Crippen LogP contribution in [0.15, 0.2) is 23.2 Å². The highest BCUT2D eigenvalue weighted by molar-refractivity contribution is 8.13. The van der Waals surface area contributed by atoms with Gasteiger partial charge in [-0.05, 0) is 37.0 Å². The lowest BCUT2D eigenvalue weighted by Crippen LogP contribution is -2.52. The zero-order valence-electron chi connectivity index (χ0n) is 12.0. The Labute approximate surface area is 124 Å². The Morgan fingerprint density at radius 2 is 2.35 bits per heavy atom. The van der Waals surface area contributed by atoms with Crippen LogP contribution in [0.4, 0.5) is 5.69 Å². The van der Waals surface area contributed by atoms with E-state index in [1.54, 1.807) is 7.11 Å². The molecule has 20 heavy (non-hydrogen) atoms. The second-order valence-corrected chi connectivity index (χ2v) is 6.49. The largest absolute Gasteiger partial charge is 0.496 e. The Kier molecular flexibility index (Phi) is 3.54. The fraction of sp³-hybridized carbons (Fsp3) is 0.533. The summed E-state index contributed by atoms with van der Waals surface area (Å²) in [6.07, 6.45) is 3.58. The molecule has 1 aliphatic carbocycles. The van der Waals surface area contributed by atoms with Crippen molar-refractivity contribution in [3.8, 4) is 5.75 Å². The van der Waals surface area contributed by atoms with Gasteiger partial charge in [0, 0.05) is 24.1 Å². The summed E-state index contributed by atoms with van der Waals surface area (Å²) in [5.74, 6) is 2.63. The molecule has 5 heteroatoms. The van der Waals surface area contributed by atoms with Crippen LogP contribution in [-0.2, 0) is 5.54 Å². The lowest BCUT2D eigenvalue weighted by atomic mass is 9.80. The number of nitrogens with zero attached hydrogens (tertiary/aromatic N) is 1. The van der Waals surface area contributed by atoms with Gasteiger partial charge in [-0.3, -0.25) is 4.99 Å². The molecule has 3 N–H and O–H groups in total. The minimum atomic E-state index is -0.0686. The average Bonchev–Trinajstić information content (AvgIpc) is 2.91. The van der Waals surface area contributed by atoms with E-state index in [1.165, 1.54) is 18.4 Å². The van der Waals surface area contributed by atoms with E-state index in [-0.39, 0.29) is 5.54 Å². The average molecular weight is 291 g/mol. The molecule has 1 aliphatic heterocycles. The van der Waals surface area contributed by atoms with Gasteiger partial charge in [-0.1, -0.05) is 18.2 Å². The number of thioether (sulfide) groups is 1. The summed E-state index contributed by atoms with van der Waals surface area (Å²) in [6.45, 7) is 0. The first-order valence-electron chi connectivity index (χ1n) is 7.01. The predicted octanol–water partition coefficient (Wildman–Crippen LogP) is 2.60. The molecule has 2 fully saturated rings. The Balaban J connectivity index is 2.11. The van der Waals surface area contributed by atoms with Gasteiger partial charge < -0.3 is 15.8 Å². The normalized spacial score (nSPS) is 30.9. The number of amidine groups is 1. The molecule has 2 atom stereocenters. The van der Waals surface area contributed by atoms with E-state index in [2.05, 4.69) is 16.4 Å². The van der Waals surface area contributed by atoms with Crippen LogP contribution in [0.1, 0.15) is 24.8 Å². The number of rotatable bonds is 2. The number of aliphatic imine (C=N–C) groups is 1. The van der Waals surface area contributed by atoms with Gasteiger partial charge in [0.2, 0.25) is 0 Å². The molecule has 1 aromatic rings. The second-order valence-electron chi connectivity index (χ2n) is 5.48. The Hall–Kier alpha value is -1.36. The number of hydrogen-bond acceptors (Lipinski definition) is 4. The quantitative estimate of drug-likeness (QED) is 0.822. The lowest BCUT2D eigenvalue weighted by molar-refractivity contribution is 0.293. The fourth-order valence-electron chi connectivity index (χ4n) is 3.49. The third-order valence-electron chi connectivity index (χ3n) is 4.48. The number of anilines is 1. The van der Waals surface area contributed by atoms with Crippen molar-refractivity contribution >= 4 is 22.6 Å². The van der Waals surface area contributed by atoms with Crippen LogP contribution < -0.4 is 15.8 Å². The van der Waals surface area contributed by atoms with Gasteiger partial charge in [0.1, 0.15) is 5.75 Å². The highest BCUT2D eigenvalue weighted by atomic mass is 32.2. The van der Waals surface area contributed by atoms with Gasteiger partial charge in [0.05, 0.1) is 12.6 Å². The summed E-state index contributed by atoms with van der Waals surface area (Å²) in [6, 6.07) is 5.93. The Morgan fingerprint density at radius 3 is 3.10 bits per heavy atom. The van der Waals surface area contributed by atoms with Crippen LogP contribution in [0.5, 0.6) is 5.75 Å². The third-order valence-corrected chi connectivity index (χ3v) is 5.61. The van der Waals surface area contributed by atoms with Gasteiger partial charge in [0.25, 0.3) is 0 Å². The second kappa shape index (κ2) is 5.20. The first-order valence-corrected chi connectivity index (χ1v) is 8.00. The lowest BCUT2D eigenvalue weighted by Gasteiger charge is -2.42. The SMILES string of the molecule is CN=C1NC2(c3cc(N)ccc3OC)CCCC2CS1. The molecule has 1 saturated carbocycles. The van der Waals surface area contributed by atoms with E-state index < -0.39 is 0 Å². The van der Waals surface area contributed by atoms with Crippen LogP contribution in [0, 0.1) is 5.92 Å². The molecule has 1 saturated heterocycles. The first kappa shape index (κ1) is 13.6. The summed E-state index contributed by atoms with van der Waals surface area (Å²) in [7, 11) is 3.57. The number of benzene rings is 1. The van der Waals surface area contributed by atoms with E-state index in [9.17, 15) is 0 Å². The van der Waals surface area contributed by atoms with Crippen molar-refractivity contribution < 1.29 is 4.74 Å². The fourth-order valence-corrected chi connectivity index (χ4v) is 4.68. The minimum Gasteiger partial charge on any atom is -0.496 e. The number of ether oxygens (including phenoxy) is 1. The Morgan fingerprint density at radius 1 is 1.50 bits per heavy atom. The van der Waals surface area contributed by atoms with Crippen molar-refractivity contribution in [3.63, 3.8) is 0 Å². The van der Waals surface area contributed by atoms with Crippen LogP contribution in [0.25, 0.3) is 0 Å². The summed E-state index contributed by atoms with van der Waals surface area (Å²) in [4.78, 5) is 4.35. The van der Waals surface area contributed by atoms with Gasteiger partial charge in [-0.15, -0.1) is 0 Å². The van der Waals surface area contributed by atoms with Crippen LogP contribution in [0.3, 0.4) is 0 Å². The van der Waals surface area contributed by atoms with Gasteiger partial charge >= 0.3 is 0 Å². The maximum absolute atomic E-state index is 6.02. The molecule has 0 bridgehead atoms. The zero-order valence-corrected chi connectivity index (χ0v) is 12.8. The molecule has 1 heterocycles. The molecule has 0 radical (unpaired) electrons. The minimum absolute atomic E-state index is 0.0686. The summed E-state index contributed by atoms with van der Waals surface area (Å²) >= 11 is 1.82. The molecule has 2 unspecified atom stereocenters. The van der Waals surface area contributed by atoms with Crippen molar-refractivity contribution in [1.29, 1.82) is 0 Å². The summed E-state index contributed by atoms with van der Waals surface area (Å²) in [5.41, 5.74) is 7.92. The predicted molar refractivity (Wildman–Crippen MR) is 85.4 cm³/mol.